The first-order valence-electron chi connectivity index (χ1n) is 9.41. The fraction of sp³-hybridized carbons (Fsp3) is 0.400. The first-order valence-corrected chi connectivity index (χ1v) is 9.41. The molecule has 0 saturated carbocycles. The normalized spacial score (nSPS) is 14.9. The molecule has 146 valence electrons. The van der Waals surface area contributed by atoms with Crippen LogP contribution in [0.2, 0.25) is 0 Å². The van der Waals surface area contributed by atoms with Crippen molar-refractivity contribution in [3.63, 3.8) is 0 Å². The Morgan fingerprint density at radius 3 is 2.54 bits per heavy atom. The van der Waals surface area contributed by atoms with Crippen molar-refractivity contribution < 1.29 is 9.47 Å². The zero-order chi connectivity index (χ0) is 19.5. The number of aromatic nitrogens is 5. The average Bonchev–Trinajstić information content (AvgIpc) is 3.12. The van der Waals surface area contributed by atoms with E-state index >= 15 is 0 Å². The van der Waals surface area contributed by atoms with Crippen LogP contribution in [0.15, 0.2) is 36.7 Å². The van der Waals surface area contributed by atoms with Crippen molar-refractivity contribution >= 4 is 5.95 Å². The molecule has 0 radical (unpaired) electrons. The SMILES string of the molecule is COc1ccc(-n2c(C)nnc2N2CCC(Oc3cccnc3C)CC2)cn1. The molecule has 3 aromatic rings. The third-order valence-corrected chi connectivity index (χ3v) is 4.97. The van der Waals surface area contributed by atoms with Crippen LogP contribution in [-0.2, 0) is 0 Å². The van der Waals surface area contributed by atoms with Gasteiger partial charge >= 0.3 is 0 Å². The minimum absolute atomic E-state index is 0.180. The van der Waals surface area contributed by atoms with Gasteiger partial charge in [-0.25, -0.2) is 4.98 Å². The molecule has 0 spiro atoms. The van der Waals surface area contributed by atoms with Crippen LogP contribution in [-0.4, -0.2) is 51.0 Å². The van der Waals surface area contributed by atoms with Crippen molar-refractivity contribution in [1.29, 1.82) is 0 Å². The van der Waals surface area contributed by atoms with Crippen LogP contribution < -0.4 is 14.4 Å². The van der Waals surface area contributed by atoms with E-state index in [0.29, 0.717) is 5.88 Å². The fourth-order valence-corrected chi connectivity index (χ4v) is 3.43. The Labute approximate surface area is 164 Å². The van der Waals surface area contributed by atoms with Gasteiger partial charge in [-0.05, 0) is 32.0 Å². The molecular formula is C20H24N6O2. The van der Waals surface area contributed by atoms with Gasteiger partial charge < -0.3 is 14.4 Å². The summed E-state index contributed by atoms with van der Waals surface area (Å²) in [6.45, 7) is 5.62. The van der Waals surface area contributed by atoms with Crippen LogP contribution in [0.3, 0.4) is 0 Å². The zero-order valence-electron chi connectivity index (χ0n) is 16.4. The molecule has 4 heterocycles. The van der Waals surface area contributed by atoms with E-state index < -0.39 is 0 Å². The van der Waals surface area contributed by atoms with Crippen LogP contribution in [0.25, 0.3) is 5.69 Å². The van der Waals surface area contributed by atoms with Crippen LogP contribution >= 0.6 is 0 Å². The lowest BCUT2D eigenvalue weighted by Crippen LogP contribution is -2.39. The number of hydrogen-bond donors (Lipinski definition) is 0. The van der Waals surface area contributed by atoms with Crippen molar-refractivity contribution in [2.75, 3.05) is 25.1 Å². The Balaban J connectivity index is 1.47. The molecule has 0 N–H and O–H groups in total. The maximum absolute atomic E-state index is 6.16. The van der Waals surface area contributed by atoms with Gasteiger partial charge in [-0.15, -0.1) is 10.2 Å². The topological polar surface area (TPSA) is 78.2 Å². The van der Waals surface area contributed by atoms with Gasteiger partial charge in [-0.1, -0.05) is 0 Å². The number of aryl methyl sites for hydroxylation is 2. The lowest BCUT2D eigenvalue weighted by molar-refractivity contribution is 0.168. The van der Waals surface area contributed by atoms with E-state index in [2.05, 4.69) is 25.1 Å². The summed E-state index contributed by atoms with van der Waals surface area (Å²) < 4.78 is 13.3. The zero-order valence-corrected chi connectivity index (χ0v) is 16.4. The van der Waals surface area contributed by atoms with Crippen molar-refractivity contribution in [3.8, 4) is 17.3 Å². The predicted octanol–water partition coefficient (Wildman–Crippen LogP) is 2.73. The number of rotatable bonds is 5. The molecule has 0 aromatic carbocycles. The summed E-state index contributed by atoms with van der Waals surface area (Å²) in [5.74, 6) is 3.11. The van der Waals surface area contributed by atoms with Crippen molar-refractivity contribution in [3.05, 3.63) is 48.2 Å². The second-order valence-electron chi connectivity index (χ2n) is 6.83. The van der Waals surface area contributed by atoms with Crippen LogP contribution in [0, 0.1) is 13.8 Å². The summed E-state index contributed by atoms with van der Waals surface area (Å²) in [4.78, 5) is 10.9. The summed E-state index contributed by atoms with van der Waals surface area (Å²) in [6.07, 6.45) is 5.58. The molecule has 8 nitrogen and oxygen atoms in total. The maximum Gasteiger partial charge on any atom is 0.231 e. The van der Waals surface area contributed by atoms with Gasteiger partial charge in [0.25, 0.3) is 0 Å². The highest BCUT2D eigenvalue weighted by Gasteiger charge is 2.25. The molecular weight excluding hydrogens is 356 g/mol. The third kappa shape index (κ3) is 3.62. The van der Waals surface area contributed by atoms with Crippen molar-refractivity contribution in [2.24, 2.45) is 0 Å². The van der Waals surface area contributed by atoms with Gasteiger partial charge in [0.15, 0.2) is 0 Å². The number of hydrogen-bond acceptors (Lipinski definition) is 7. The minimum atomic E-state index is 0.180. The highest BCUT2D eigenvalue weighted by molar-refractivity contribution is 5.44. The Kier molecular flexibility index (Phi) is 5.10. The molecule has 1 aliphatic rings. The second kappa shape index (κ2) is 7.84. The van der Waals surface area contributed by atoms with Crippen LogP contribution in [0.1, 0.15) is 24.4 Å². The molecule has 0 unspecified atom stereocenters. The van der Waals surface area contributed by atoms with Gasteiger partial charge in [-0.2, -0.15) is 0 Å². The van der Waals surface area contributed by atoms with E-state index in [9.17, 15) is 0 Å². The Morgan fingerprint density at radius 1 is 1.04 bits per heavy atom. The number of pyridine rings is 2. The van der Waals surface area contributed by atoms with Crippen LogP contribution in [0.4, 0.5) is 5.95 Å². The molecule has 0 bridgehead atoms. The smallest absolute Gasteiger partial charge is 0.231 e. The monoisotopic (exact) mass is 380 g/mol. The Bertz CT molecular complexity index is 932. The van der Waals surface area contributed by atoms with Crippen LogP contribution in [0.5, 0.6) is 11.6 Å². The molecule has 1 saturated heterocycles. The van der Waals surface area contributed by atoms with Gasteiger partial charge in [0.1, 0.15) is 17.7 Å². The molecule has 28 heavy (non-hydrogen) atoms. The summed E-state index contributed by atoms with van der Waals surface area (Å²) in [7, 11) is 1.61. The number of methoxy groups -OCH3 is 1. The molecule has 0 atom stereocenters. The van der Waals surface area contributed by atoms with Crippen molar-refractivity contribution in [1.82, 2.24) is 24.7 Å². The molecule has 4 rings (SSSR count). The quantitative estimate of drug-likeness (QED) is 0.673. The molecule has 8 heteroatoms. The van der Waals surface area contributed by atoms with Gasteiger partial charge in [-0.3, -0.25) is 9.55 Å². The van der Waals surface area contributed by atoms with E-state index in [4.69, 9.17) is 9.47 Å². The second-order valence-corrected chi connectivity index (χ2v) is 6.83. The highest BCUT2D eigenvalue weighted by atomic mass is 16.5. The summed E-state index contributed by atoms with van der Waals surface area (Å²) in [5.41, 5.74) is 1.84. The standard InChI is InChI=1S/C20H24N6O2/c1-14-18(5-4-10-21-14)28-17-8-11-25(12-9-17)20-24-23-15(2)26(20)16-6-7-19(27-3)22-13-16/h4-7,10,13,17H,8-9,11-12H2,1-3H3. The molecule has 0 amide bonds. The summed E-state index contributed by atoms with van der Waals surface area (Å²) >= 11 is 0. The van der Waals surface area contributed by atoms with Gasteiger partial charge in [0.05, 0.1) is 24.7 Å². The minimum Gasteiger partial charge on any atom is -0.488 e. The summed E-state index contributed by atoms with van der Waals surface area (Å²) in [5, 5.41) is 8.69. The summed E-state index contributed by atoms with van der Waals surface area (Å²) in [6, 6.07) is 7.69. The number of ether oxygens (including phenoxy) is 2. The molecule has 1 fully saturated rings. The van der Waals surface area contributed by atoms with E-state index in [1.165, 1.54) is 0 Å². The van der Waals surface area contributed by atoms with Crippen molar-refractivity contribution in [2.45, 2.75) is 32.8 Å². The lowest BCUT2D eigenvalue weighted by Gasteiger charge is -2.33. The van der Waals surface area contributed by atoms with Gasteiger partial charge in [0, 0.05) is 38.2 Å². The maximum atomic E-state index is 6.16. The molecule has 0 aliphatic carbocycles. The Hall–Kier alpha value is -3.16. The lowest BCUT2D eigenvalue weighted by atomic mass is 10.1. The van der Waals surface area contributed by atoms with E-state index in [1.54, 1.807) is 19.5 Å². The van der Waals surface area contributed by atoms with E-state index in [0.717, 1.165) is 54.8 Å². The number of piperidine rings is 1. The first kappa shape index (κ1) is 18.2. The Morgan fingerprint density at radius 2 is 1.86 bits per heavy atom. The predicted molar refractivity (Wildman–Crippen MR) is 105 cm³/mol. The van der Waals surface area contributed by atoms with E-state index in [-0.39, 0.29) is 6.10 Å². The highest BCUT2D eigenvalue weighted by Crippen LogP contribution is 2.26. The molecule has 1 aliphatic heterocycles. The average molecular weight is 380 g/mol. The number of nitrogens with zero attached hydrogens (tertiary/aromatic N) is 6. The fourth-order valence-electron chi connectivity index (χ4n) is 3.43. The van der Waals surface area contributed by atoms with E-state index in [1.807, 2.05) is 42.7 Å². The number of anilines is 1. The third-order valence-electron chi connectivity index (χ3n) is 4.97. The van der Waals surface area contributed by atoms with Gasteiger partial charge in [0.2, 0.25) is 11.8 Å². The molecule has 3 aromatic heterocycles. The first-order chi connectivity index (χ1) is 13.7. The largest absolute Gasteiger partial charge is 0.488 e.